The fraction of sp³-hybridized carbons (Fsp3) is 0.636. The standard InChI is InChI=1S/C11H18N4O/c1-3-12-9-8(2)10(14-7-13-9)15-11(6-16)4-5-11/h7,16H,3-6H2,1-2H3,(H2,12,13,14,15). The van der Waals surface area contributed by atoms with Gasteiger partial charge in [0.2, 0.25) is 0 Å². The van der Waals surface area contributed by atoms with Crippen molar-refractivity contribution in [2.45, 2.75) is 32.2 Å². The SMILES string of the molecule is CCNc1ncnc(NC2(CO)CC2)c1C. The first kappa shape index (κ1) is 11.1. The minimum Gasteiger partial charge on any atom is -0.394 e. The zero-order valence-corrected chi connectivity index (χ0v) is 9.75. The van der Waals surface area contributed by atoms with E-state index in [9.17, 15) is 5.11 Å². The van der Waals surface area contributed by atoms with Crippen LogP contribution < -0.4 is 10.6 Å². The van der Waals surface area contributed by atoms with Gasteiger partial charge in [-0.3, -0.25) is 0 Å². The van der Waals surface area contributed by atoms with E-state index >= 15 is 0 Å². The third-order valence-corrected chi connectivity index (χ3v) is 2.97. The zero-order valence-electron chi connectivity index (χ0n) is 9.75. The minimum atomic E-state index is -0.136. The lowest BCUT2D eigenvalue weighted by Gasteiger charge is -2.17. The van der Waals surface area contributed by atoms with Crippen molar-refractivity contribution < 1.29 is 5.11 Å². The van der Waals surface area contributed by atoms with Gasteiger partial charge in [0.05, 0.1) is 12.1 Å². The highest BCUT2D eigenvalue weighted by Gasteiger charge is 2.42. The summed E-state index contributed by atoms with van der Waals surface area (Å²) in [5.41, 5.74) is 0.867. The van der Waals surface area contributed by atoms with Gasteiger partial charge in [0.15, 0.2) is 0 Å². The van der Waals surface area contributed by atoms with Crippen LogP contribution in [0.1, 0.15) is 25.3 Å². The van der Waals surface area contributed by atoms with Gasteiger partial charge in [0.25, 0.3) is 0 Å². The number of hydrogen-bond donors (Lipinski definition) is 3. The molecule has 0 unspecified atom stereocenters. The second-order valence-electron chi connectivity index (χ2n) is 4.29. The molecule has 0 amide bonds. The normalized spacial score (nSPS) is 16.9. The molecule has 0 aromatic carbocycles. The molecule has 1 aliphatic carbocycles. The number of rotatable bonds is 5. The Balaban J connectivity index is 2.17. The quantitative estimate of drug-likeness (QED) is 0.697. The Kier molecular flexibility index (Phi) is 2.96. The van der Waals surface area contributed by atoms with Gasteiger partial charge in [0, 0.05) is 12.1 Å². The Labute approximate surface area is 95.3 Å². The summed E-state index contributed by atoms with van der Waals surface area (Å²) in [6.45, 7) is 5.01. The molecule has 0 saturated heterocycles. The Bertz CT molecular complexity index is 376. The number of nitrogens with zero attached hydrogens (tertiary/aromatic N) is 2. The van der Waals surface area contributed by atoms with Gasteiger partial charge in [-0.25, -0.2) is 9.97 Å². The van der Waals surface area contributed by atoms with Crippen LogP contribution in [0.25, 0.3) is 0 Å². The molecule has 2 rings (SSSR count). The molecule has 1 aromatic rings. The van der Waals surface area contributed by atoms with Crippen LogP contribution in [0.2, 0.25) is 0 Å². The van der Waals surface area contributed by atoms with Gasteiger partial charge >= 0.3 is 0 Å². The molecule has 88 valence electrons. The lowest BCUT2D eigenvalue weighted by molar-refractivity contribution is 0.266. The van der Waals surface area contributed by atoms with E-state index in [-0.39, 0.29) is 12.1 Å². The van der Waals surface area contributed by atoms with Gasteiger partial charge in [-0.15, -0.1) is 0 Å². The van der Waals surface area contributed by atoms with Crippen LogP contribution in [0.3, 0.4) is 0 Å². The highest BCUT2D eigenvalue weighted by atomic mass is 16.3. The molecule has 16 heavy (non-hydrogen) atoms. The van der Waals surface area contributed by atoms with Gasteiger partial charge in [0.1, 0.15) is 18.0 Å². The molecular weight excluding hydrogens is 204 g/mol. The number of hydrogen-bond acceptors (Lipinski definition) is 5. The van der Waals surface area contributed by atoms with Crippen molar-refractivity contribution in [3.63, 3.8) is 0 Å². The Morgan fingerprint density at radius 1 is 1.38 bits per heavy atom. The summed E-state index contributed by atoms with van der Waals surface area (Å²) in [5, 5.41) is 15.8. The average molecular weight is 222 g/mol. The van der Waals surface area contributed by atoms with Crippen LogP contribution in [0.15, 0.2) is 6.33 Å². The molecule has 0 aliphatic heterocycles. The van der Waals surface area contributed by atoms with Crippen molar-refractivity contribution in [2.75, 3.05) is 23.8 Å². The second kappa shape index (κ2) is 4.25. The molecule has 1 aliphatic rings. The van der Waals surface area contributed by atoms with E-state index in [1.807, 2.05) is 13.8 Å². The van der Waals surface area contributed by atoms with E-state index in [0.717, 1.165) is 36.6 Å². The second-order valence-corrected chi connectivity index (χ2v) is 4.29. The fourth-order valence-corrected chi connectivity index (χ4v) is 1.65. The maximum Gasteiger partial charge on any atom is 0.134 e. The van der Waals surface area contributed by atoms with Crippen LogP contribution in [-0.4, -0.2) is 33.8 Å². The van der Waals surface area contributed by atoms with E-state index in [1.54, 1.807) is 6.33 Å². The molecule has 5 heteroatoms. The maximum atomic E-state index is 9.26. The van der Waals surface area contributed by atoms with Gasteiger partial charge in [-0.2, -0.15) is 0 Å². The van der Waals surface area contributed by atoms with Gasteiger partial charge in [-0.05, 0) is 26.7 Å². The number of anilines is 2. The summed E-state index contributed by atoms with van der Waals surface area (Å²) >= 11 is 0. The van der Waals surface area contributed by atoms with Crippen molar-refractivity contribution in [3.8, 4) is 0 Å². The molecule has 0 spiro atoms. The summed E-state index contributed by atoms with van der Waals surface area (Å²) in [4.78, 5) is 8.40. The average Bonchev–Trinajstić information content (AvgIpc) is 3.05. The number of nitrogens with one attached hydrogen (secondary N) is 2. The maximum absolute atomic E-state index is 9.26. The predicted octanol–water partition coefficient (Wildman–Crippen LogP) is 1.15. The lowest BCUT2D eigenvalue weighted by atomic mass is 10.2. The summed E-state index contributed by atoms with van der Waals surface area (Å²) in [6, 6.07) is 0. The molecular formula is C11H18N4O. The smallest absolute Gasteiger partial charge is 0.134 e. The van der Waals surface area contributed by atoms with E-state index in [0.29, 0.717) is 0 Å². The molecule has 5 nitrogen and oxygen atoms in total. The Hall–Kier alpha value is -1.36. The van der Waals surface area contributed by atoms with Gasteiger partial charge < -0.3 is 15.7 Å². The number of aromatic nitrogens is 2. The monoisotopic (exact) mass is 222 g/mol. The molecule has 1 heterocycles. The van der Waals surface area contributed by atoms with Crippen LogP contribution in [0, 0.1) is 6.92 Å². The summed E-state index contributed by atoms with van der Waals surface area (Å²) < 4.78 is 0. The molecule has 0 radical (unpaired) electrons. The summed E-state index contributed by atoms with van der Waals surface area (Å²) in [5.74, 6) is 1.67. The van der Waals surface area contributed by atoms with Crippen LogP contribution >= 0.6 is 0 Å². The van der Waals surface area contributed by atoms with Crippen LogP contribution in [0.5, 0.6) is 0 Å². The minimum absolute atomic E-state index is 0.136. The third kappa shape index (κ3) is 2.09. The summed E-state index contributed by atoms with van der Waals surface area (Å²) in [7, 11) is 0. The lowest BCUT2D eigenvalue weighted by Crippen LogP contribution is -2.27. The van der Waals surface area contributed by atoms with E-state index in [2.05, 4.69) is 20.6 Å². The molecule has 3 N–H and O–H groups in total. The highest BCUT2D eigenvalue weighted by Crippen LogP contribution is 2.38. The molecule has 0 atom stereocenters. The third-order valence-electron chi connectivity index (χ3n) is 2.97. The van der Waals surface area contributed by atoms with Crippen molar-refractivity contribution in [2.24, 2.45) is 0 Å². The van der Waals surface area contributed by atoms with Crippen molar-refractivity contribution in [1.82, 2.24) is 9.97 Å². The topological polar surface area (TPSA) is 70.1 Å². The Morgan fingerprint density at radius 2 is 2.06 bits per heavy atom. The first-order chi connectivity index (χ1) is 7.71. The molecule has 0 bridgehead atoms. The largest absolute Gasteiger partial charge is 0.394 e. The highest BCUT2D eigenvalue weighted by molar-refractivity contribution is 5.58. The van der Waals surface area contributed by atoms with E-state index < -0.39 is 0 Å². The molecule has 1 saturated carbocycles. The zero-order chi connectivity index (χ0) is 11.6. The predicted molar refractivity (Wildman–Crippen MR) is 63.6 cm³/mol. The number of aliphatic hydroxyl groups excluding tert-OH is 1. The summed E-state index contributed by atoms with van der Waals surface area (Å²) in [6.07, 6.45) is 3.55. The first-order valence-electron chi connectivity index (χ1n) is 5.65. The molecule has 1 aromatic heterocycles. The van der Waals surface area contributed by atoms with Crippen molar-refractivity contribution in [1.29, 1.82) is 0 Å². The van der Waals surface area contributed by atoms with E-state index in [4.69, 9.17) is 0 Å². The van der Waals surface area contributed by atoms with Gasteiger partial charge in [-0.1, -0.05) is 0 Å². The van der Waals surface area contributed by atoms with Crippen molar-refractivity contribution >= 4 is 11.6 Å². The Morgan fingerprint density at radius 3 is 2.62 bits per heavy atom. The van der Waals surface area contributed by atoms with Crippen LogP contribution in [0.4, 0.5) is 11.6 Å². The number of aliphatic hydroxyl groups is 1. The fourth-order valence-electron chi connectivity index (χ4n) is 1.65. The van der Waals surface area contributed by atoms with Crippen molar-refractivity contribution in [3.05, 3.63) is 11.9 Å². The first-order valence-corrected chi connectivity index (χ1v) is 5.65. The van der Waals surface area contributed by atoms with E-state index in [1.165, 1.54) is 0 Å². The van der Waals surface area contributed by atoms with Crippen LogP contribution in [-0.2, 0) is 0 Å². The molecule has 1 fully saturated rings.